The van der Waals surface area contributed by atoms with Crippen LogP contribution in [0.25, 0.3) is 0 Å². The molecule has 2 saturated heterocycles. The number of benzene rings is 1. The van der Waals surface area contributed by atoms with Gasteiger partial charge in [0.05, 0.1) is 11.2 Å². The Hall–Kier alpha value is -2.87. The third-order valence-electron chi connectivity index (χ3n) is 4.63. The molecule has 0 bridgehead atoms. The SMILES string of the molecule is O=C(Nc1ccc(N2CCNC2=O)cc1)c1nc(N2CCCC2)ncc1Cl. The molecule has 140 valence electrons. The van der Waals surface area contributed by atoms with Gasteiger partial charge in [-0.05, 0) is 37.1 Å². The van der Waals surface area contributed by atoms with Crippen LogP contribution in [0.4, 0.5) is 22.1 Å². The molecule has 2 aliphatic rings. The van der Waals surface area contributed by atoms with Gasteiger partial charge in [0, 0.05) is 37.6 Å². The minimum Gasteiger partial charge on any atom is -0.341 e. The molecule has 0 unspecified atom stereocenters. The summed E-state index contributed by atoms with van der Waals surface area (Å²) >= 11 is 6.14. The monoisotopic (exact) mass is 386 g/mol. The van der Waals surface area contributed by atoms with Gasteiger partial charge < -0.3 is 15.5 Å². The van der Waals surface area contributed by atoms with Crippen LogP contribution in [0.3, 0.4) is 0 Å². The molecule has 8 nitrogen and oxygen atoms in total. The van der Waals surface area contributed by atoms with E-state index in [1.165, 1.54) is 6.20 Å². The van der Waals surface area contributed by atoms with Gasteiger partial charge in [0.15, 0.2) is 5.69 Å². The van der Waals surface area contributed by atoms with E-state index in [1.54, 1.807) is 29.2 Å². The molecule has 27 heavy (non-hydrogen) atoms. The third kappa shape index (κ3) is 3.66. The van der Waals surface area contributed by atoms with Crippen LogP contribution in [0.15, 0.2) is 30.5 Å². The summed E-state index contributed by atoms with van der Waals surface area (Å²) in [6.45, 7) is 3.02. The average Bonchev–Trinajstić information content (AvgIpc) is 3.35. The summed E-state index contributed by atoms with van der Waals surface area (Å²) in [4.78, 5) is 36.6. The number of anilines is 3. The van der Waals surface area contributed by atoms with Gasteiger partial charge in [-0.15, -0.1) is 0 Å². The Morgan fingerprint density at radius 3 is 2.56 bits per heavy atom. The summed E-state index contributed by atoms with van der Waals surface area (Å²) < 4.78 is 0. The first-order valence-electron chi connectivity index (χ1n) is 8.86. The van der Waals surface area contributed by atoms with Crippen molar-refractivity contribution in [3.05, 3.63) is 41.2 Å². The smallest absolute Gasteiger partial charge is 0.321 e. The second kappa shape index (κ2) is 7.40. The molecular weight excluding hydrogens is 368 g/mol. The van der Waals surface area contributed by atoms with E-state index in [4.69, 9.17) is 11.6 Å². The highest BCUT2D eigenvalue weighted by Crippen LogP contribution is 2.23. The highest BCUT2D eigenvalue weighted by Gasteiger charge is 2.22. The number of halogens is 1. The number of carbonyl (C=O) groups excluding carboxylic acids is 2. The lowest BCUT2D eigenvalue weighted by molar-refractivity contribution is 0.102. The van der Waals surface area contributed by atoms with E-state index >= 15 is 0 Å². The molecule has 4 rings (SSSR count). The van der Waals surface area contributed by atoms with E-state index in [2.05, 4.69) is 20.6 Å². The Labute approximate surface area is 161 Å². The summed E-state index contributed by atoms with van der Waals surface area (Å²) in [5.74, 6) is 0.131. The van der Waals surface area contributed by atoms with Gasteiger partial charge in [-0.25, -0.2) is 14.8 Å². The Kier molecular flexibility index (Phi) is 4.81. The van der Waals surface area contributed by atoms with Crippen molar-refractivity contribution >= 4 is 40.9 Å². The second-order valence-electron chi connectivity index (χ2n) is 6.45. The largest absolute Gasteiger partial charge is 0.341 e. The summed E-state index contributed by atoms with van der Waals surface area (Å²) in [7, 11) is 0. The number of hydrogen-bond donors (Lipinski definition) is 2. The van der Waals surface area contributed by atoms with Crippen LogP contribution in [0.5, 0.6) is 0 Å². The second-order valence-corrected chi connectivity index (χ2v) is 6.85. The fourth-order valence-corrected chi connectivity index (χ4v) is 3.40. The molecule has 2 aliphatic heterocycles. The molecule has 2 N–H and O–H groups in total. The van der Waals surface area contributed by atoms with Crippen LogP contribution < -0.4 is 20.4 Å². The third-order valence-corrected chi connectivity index (χ3v) is 4.91. The lowest BCUT2D eigenvalue weighted by Crippen LogP contribution is -2.27. The van der Waals surface area contributed by atoms with Gasteiger partial charge in [0.25, 0.3) is 5.91 Å². The fourth-order valence-electron chi connectivity index (χ4n) is 3.22. The minimum atomic E-state index is -0.394. The molecule has 0 saturated carbocycles. The van der Waals surface area contributed by atoms with Crippen molar-refractivity contribution in [3.8, 4) is 0 Å². The van der Waals surface area contributed by atoms with Crippen LogP contribution in [-0.4, -0.2) is 48.1 Å². The maximum Gasteiger partial charge on any atom is 0.321 e. The van der Waals surface area contributed by atoms with Gasteiger partial charge in [0.1, 0.15) is 0 Å². The van der Waals surface area contributed by atoms with Gasteiger partial charge in [0.2, 0.25) is 5.95 Å². The number of urea groups is 1. The van der Waals surface area contributed by atoms with Gasteiger partial charge in [-0.3, -0.25) is 9.69 Å². The maximum atomic E-state index is 12.6. The topological polar surface area (TPSA) is 90.5 Å². The number of amides is 3. The van der Waals surface area contributed by atoms with Crippen molar-refractivity contribution in [2.24, 2.45) is 0 Å². The van der Waals surface area contributed by atoms with Crippen molar-refractivity contribution < 1.29 is 9.59 Å². The maximum absolute atomic E-state index is 12.6. The van der Waals surface area contributed by atoms with E-state index < -0.39 is 5.91 Å². The van der Waals surface area contributed by atoms with E-state index in [0.717, 1.165) is 31.6 Å². The van der Waals surface area contributed by atoms with Crippen LogP contribution in [-0.2, 0) is 0 Å². The predicted octanol–water partition coefficient (Wildman–Crippen LogP) is 2.51. The molecule has 1 aromatic carbocycles. The summed E-state index contributed by atoms with van der Waals surface area (Å²) in [5, 5.41) is 5.76. The number of aromatic nitrogens is 2. The van der Waals surface area contributed by atoms with Crippen LogP contribution in [0.2, 0.25) is 5.02 Å². The number of carbonyl (C=O) groups is 2. The zero-order valence-electron chi connectivity index (χ0n) is 14.6. The van der Waals surface area contributed by atoms with Crippen molar-refractivity contribution in [1.82, 2.24) is 15.3 Å². The zero-order valence-corrected chi connectivity index (χ0v) is 15.4. The van der Waals surface area contributed by atoms with Crippen molar-refractivity contribution in [2.45, 2.75) is 12.8 Å². The van der Waals surface area contributed by atoms with Crippen molar-refractivity contribution in [1.29, 1.82) is 0 Å². The molecule has 0 spiro atoms. The van der Waals surface area contributed by atoms with Gasteiger partial charge >= 0.3 is 6.03 Å². The first-order valence-corrected chi connectivity index (χ1v) is 9.24. The Bertz CT molecular complexity index is 867. The lowest BCUT2D eigenvalue weighted by Gasteiger charge is -2.16. The number of rotatable bonds is 4. The van der Waals surface area contributed by atoms with E-state index in [0.29, 0.717) is 24.7 Å². The Morgan fingerprint density at radius 1 is 1.15 bits per heavy atom. The van der Waals surface area contributed by atoms with Crippen LogP contribution >= 0.6 is 11.6 Å². The molecule has 1 aromatic heterocycles. The molecular formula is C18H19ClN6O2. The van der Waals surface area contributed by atoms with Gasteiger partial charge in [-0.2, -0.15) is 0 Å². The molecule has 0 atom stereocenters. The first-order chi connectivity index (χ1) is 13.1. The van der Waals surface area contributed by atoms with E-state index in [-0.39, 0.29) is 16.7 Å². The minimum absolute atomic E-state index is 0.117. The molecule has 2 aromatic rings. The molecule has 3 amide bonds. The first kappa shape index (κ1) is 17.5. The fraction of sp³-hybridized carbons (Fsp3) is 0.333. The number of nitrogens with zero attached hydrogens (tertiary/aromatic N) is 4. The molecule has 3 heterocycles. The zero-order chi connectivity index (χ0) is 18.8. The Balaban J connectivity index is 1.48. The number of nitrogens with one attached hydrogen (secondary N) is 2. The Morgan fingerprint density at radius 2 is 1.89 bits per heavy atom. The quantitative estimate of drug-likeness (QED) is 0.842. The normalized spacial score (nSPS) is 16.6. The lowest BCUT2D eigenvalue weighted by atomic mass is 10.2. The molecule has 0 aliphatic carbocycles. The molecule has 2 fully saturated rings. The van der Waals surface area contributed by atoms with E-state index in [1.807, 2.05) is 4.90 Å². The van der Waals surface area contributed by atoms with Gasteiger partial charge in [-0.1, -0.05) is 11.6 Å². The van der Waals surface area contributed by atoms with Crippen molar-refractivity contribution in [3.63, 3.8) is 0 Å². The average molecular weight is 387 g/mol. The van der Waals surface area contributed by atoms with Crippen LogP contribution in [0, 0.1) is 0 Å². The summed E-state index contributed by atoms with van der Waals surface area (Å²) in [6, 6.07) is 6.95. The van der Waals surface area contributed by atoms with E-state index in [9.17, 15) is 9.59 Å². The molecule has 0 radical (unpaired) electrons. The number of hydrogen-bond acceptors (Lipinski definition) is 5. The summed E-state index contributed by atoms with van der Waals surface area (Å²) in [6.07, 6.45) is 3.65. The highest BCUT2D eigenvalue weighted by molar-refractivity contribution is 6.34. The summed E-state index contributed by atoms with van der Waals surface area (Å²) in [5.41, 5.74) is 1.52. The highest BCUT2D eigenvalue weighted by atomic mass is 35.5. The van der Waals surface area contributed by atoms with Crippen molar-refractivity contribution in [2.75, 3.05) is 41.3 Å². The standard InChI is InChI=1S/C18H19ClN6O2/c19-14-11-21-17(24-8-1-2-9-24)23-15(14)16(26)22-12-3-5-13(6-4-12)25-10-7-20-18(25)27/h3-6,11H,1-2,7-10H2,(H,20,27)(H,22,26). The molecule has 9 heteroatoms. The predicted molar refractivity (Wildman–Crippen MR) is 104 cm³/mol. The van der Waals surface area contributed by atoms with Crippen LogP contribution in [0.1, 0.15) is 23.3 Å².